The number of nitro benzene ring substituents is 1. The number of methoxy groups -OCH3 is 1. The summed E-state index contributed by atoms with van der Waals surface area (Å²) in [5.41, 5.74) is -0.588. The lowest BCUT2D eigenvalue weighted by atomic mass is 10.1. The van der Waals surface area contributed by atoms with Crippen molar-refractivity contribution in [2.45, 2.75) is 0 Å². The Morgan fingerprint density at radius 2 is 1.86 bits per heavy atom. The molecule has 7 nitrogen and oxygen atoms in total. The minimum atomic E-state index is -1.26. The van der Waals surface area contributed by atoms with Crippen LogP contribution in [-0.2, 0) is 0 Å². The van der Waals surface area contributed by atoms with E-state index in [1.54, 1.807) is 30.3 Å². The van der Waals surface area contributed by atoms with Crippen LogP contribution in [0.1, 0.15) is 10.4 Å². The van der Waals surface area contributed by atoms with E-state index in [2.05, 4.69) is 0 Å². The van der Waals surface area contributed by atoms with Crippen LogP contribution in [0.2, 0.25) is 0 Å². The van der Waals surface area contributed by atoms with Gasteiger partial charge in [0.25, 0.3) is 0 Å². The van der Waals surface area contributed by atoms with Gasteiger partial charge in [0, 0.05) is 6.07 Å². The highest BCUT2D eigenvalue weighted by Gasteiger charge is 2.23. The molecule has 0 spiro atoms. The van der Waals surface area contributed by atoms with Crippen LogP contribution in [0.25, 0.3) is 0 Å². The Morgan fingerprint density at radius 3 is 2.38 bits per heavy atom. The molecule has 2 rings (SSSR count). The first-order valence-corrected chi connectivity index (χ1v) is 5.85. The molecule has 2 aromatic carbocycles. The Balaban J connectivity index is 2.54. The maximum absolute atomic E-state index is 11.2. The van der Waals surface area contributed by atoms with Crippen molar-refractivity contribution in [3.63, 3.8) is 0 Å². The van der Waals surface area contributed by atoms with Crippen LogP contribution in [0.5, 0.6) is 17.2 Å². The number of aromatic carboxylic acids is 1. The van der Waals surface area contributed by atoms with Gasteiger partial charge in [0.05, 0.1) is 18.1 Å². The first-order chi connectivity index (χ1) is 10.0. The molecule has 0 aromatic heterocycles. The Kier molecular flexibility index (Phi) is 4.03. The maximum atomic E-state index is 11.2. The minimum absolute atomic E-state index is 0.102. The zero-order valence-electron chi connectivity index (χ0n) is 11.0. The molecule has 21 heavy (non-hydrogen) atoms. The molecule has 0 aliphatic rings. The van der Waals surface area contributed by atoms with Gasteiger partial charge >= 0.3 is 11.7 Å². The fourth-order valence-electron chi connectivity index (χ4n) is 1.73. The van der Waals surface area contributed by atoms with Crippen molar-refractivity contribution < 1.29 is 24.3 Å². The molecular formula is C14H11NO6. The molecule has 0 saturated carbocycles. The molecular weight excluding hydrogens is 278 g/mol. The summed E-state index contributed by atoms with van der Waals surface area (Å²) in [6.45, 7) is 0. The number of nitro groups is 1. The van der Waals surface area contributed by atoms with E-state index in [1.807, 2.05) is 0 Å². The number of nitrogens with zero attached hydrogens (tertiary/aromatic N) is 1. The molecule has 7 heteroatoms. The van der Waals surface area contributed by atoms with Crippen LogP contribution in [0.4, 0.5) is 5.69 Å². The summed E-state index contributed by atoms with van der Waals surface area (Å²) in [4.78, 5) is 21.6. The number of ether oxygens (including phenoxy) is 2. The van der Waals surface area contributed by atoms with E-state index in [0.29, 0.717) is 5.75 Å². The third-order valence-electron chi connectivity index (χ3n) is 2.68. The van der Waals surface area contributed by atoms with Crippen LogP contribution in [-0.4, -0.2) is 23.1 Å². The largest absolute Gasteiger partial charge is 0.496 e. The van der Waals surface area contributed by atoms with Crippen LogP contribution >= 0.6 is 0 Å². The monoisotopic (exact) mass is 289 g/mol. The fourth-order valence-corrected chi connectivity index (χ4v) is 1.73. The topological polar surface area (TPSA) is 98.9 Å². The lowest BCUT2D eigenvalue weighted by molar-refractivity contribution is -0.385. The molecule has 1 N–H and O–H groups in total. The number of rotatable bonds is 5. The zero-order valence-corrected chi connectivity index (χ0v) is 11.0. The smallest absolute Gasteiger partial charge is 0.339 e. The van der Waals surface area contributed by atoms with Gasteiger partial charge in [0.15, 0.2) is 0 Å². The number of hydrogen-bond acceptors (Lipinski definition) is 5. The van der Waals surface area contributed by atoms with Crippen molar-refractivity contribution in [1.29, 1.82) is 0 Å². The second-order valence-corrected chi connectivity index (χ2v) is 4.00. The van der Waals surface area contributed by atoms with Gasteiger partial charge < -0.3 is 14.6 Å². The van der Waals surface area contributed by atoms with Crippen molar-refractivity contribution in [1.82, 2.24) is 0 Å². The molecule has 0 aliphatic carbocycles. The number of para-hydroxylation sites is 1. The van der Waals surface area contributed by atoms with Crippen LogP contribution in [0.15, 0.2) is 42.5 Å². The highest BCUT2D eigenvalue weighted by molar-refractivity contribution is 5.92. The van der Waals surface area contributed by atoms with Crippen LogP contribution < -0.4 is 9.47 Å². The molecule has 0 saturated heterocycles. The number of carboxylic acid groups (broad SMARTS) is 1. The van der Waals surface area contributed by atoms with Gasteiger partial charge in [-0.05, 0) is 12.1 Å². The minimum Gasteiger partial charge on any atom is -0.496 e. The number of hydrogen-bond donors (Lipinski definition) is 1. The van der Waals surface area contributed by atoms with Gasteiger partial charge in [-0.3, -0.25) is 10.1 Å². The summed E-state index contributed by atoms with van der Waals surface area (Å²) in [5, 5.41) is 20.2. The lowest BCUT2D eigenvalue weighted by Crippen LogP contribution is -2.03. The Hall–Kier alpha value is -3.09. The number of benzene rings is 2. The highest BCUT2D eigenvalue weighted by Crippen LogP contribution is 2.37. The van der Waals surface area contributed by atoms with Gasteiger partial charge in [-0.2, -0.15) is 0 Å². The van der Waals surface area contributed by atoms with Crippen molar-refractivity contribution >= 4 is 11.7 Å². The molecule has 0 radical (unpaired) electrons. The van der Waals surface area contributed by atoms with E-state index in [9.17, 15) is 14.9 Å². The van der Waals surface area contributed by atoms with E-state index in [4.69, 9.17) is 14.6 Å². The van der Waals surface area contributed by atoms with E-state index in [-0.39, 0.29) is 22.7 Å². The van der Waals surface area contributed by atoms with Gasteiger partial charge in [0.2, 0.25) is 5.75 Å². The first-order valence-electron chi connectivity index (χ1n) is 5.85. The van der Waals surface area contributed by atoms with Gasteiger partial charge in [-0.25, -0.2) is 4.79 Å². The predicted octanol–water partition coefficient (Wildman–Crippen LogP) is 3.09. The average molecular weight is 289 g/mol. The van der Waals surface area contributed by atoms with Crippen molar-refractivity contribution in [2.75, 3.05) is 7.11 Å². The summed E-state index contributed by atoms with van der Waals surface area (Å²) < 4.78 is 10.3. The zero-order chi connectivity index (χ0) is 15.4. The fraction of sp³-hybridized carbons (Fsp3) is 0.0714. The first kappa shape index (κ1) is 14.3. The van der Waals surface area contributed by atoms with Crippen molar-refractivity contribution in [3.05, 3.63) is 58.1 Å². The Bertz CT molecular complexity index is 683. The molecule has 0 amide bonds. The van der Waals surface area contributed by atoms with Crippen molar-refractivity contribution in [2.24, 2.45) is 0 Å². The van der Waals surface area contributed by atoms with Gasteiger partial charge in [-0.15, -0.1) is 0 Å². The molecule has 0 atom stereocenters. The summed E-state index contributed by atoms with van der Waals surface area (Å²) in [6, 6.07) is 10.5. The second-order valence-electron chi connectivity index (χ2n) is 4.00. The highest BCUT2D eigenvalue weighted by atomic mass is 16.6. The summed E-state index contributed by atoms with van der Waals surface area (Å²) in [6.07, 6.45) is 0. The molecule has 0 heterocycles. The standard InChI is InChI=1S/C14H11NO6/c1-20-12-8-11(15(18)19)13(7-10(12)14(16)17)21-9-5-3-2-4-6-9/h2-8H,1H3,(H,16,17). The second kappa shape index (κ2) is 5.91. The average Bonchev–Trinajstić information content (AvgIpc) is 2.47. The predicted molar refractivity (Wildman–Crippen MR) is 73.1 cm³/mol. The summed E-state index contributed by atoms with van der Waals surface area (Å²) >= 11 is 0. The van der Waals surface area contributed by atoms with E-state index in [0.717, 1.165) is 12.1 Å². The number of carboxylic acids is 1. The maximum Gasteiger partial charge on any atom is 0.339 e. The Labute approximate surface area is 119 Å². The van der Waals surface area contributed by atoms with Gasteiger partial charge in [0.1, 0.15) is 17.1 Å². The normalized spacial score (nSPS) is 9.95. The molecule has 0 aliphatic heterocycles. The molecule has 0 unspecified atom stereocenters. The van der Waals surface area contributed by atoms with Crippen molar-refractivity contribution in [3.8, 4) is 17.2 Å². The number of carbonyl (C=O) groups is 1. The SMILES string of the molecule is COc1cc([N+](=O)[O-])c(Oc2ccccc2)cc1C(=O)O. The van der Waals surface area contributed by atoms with E-state index in [1.165, 1.54) is 7.11 Å². The quantitative estimate of drug-likeness (QED) is 0.670. The Morgan fingerprint density at radius 1 is 1.19 bits per heavy atom. The van der Waals surface area contributed by atoms with E-state index < -0.39 is 10.9 Å². The summed E-state index contributed by atoms with van der Waals surface area (Å²) in [5.74, 6) is -1.17. The van der Waals surface area contributed by atoms with Crippen LogP contribution in [0, 0.1) is 10.1 Å². The molecule has 108 valence electrons. The summed E-state index contributed by atoms with van der Waals surface area (Å²) in [7, 11) is 1.24. The lowest BCUT2D eigenvalue weighted by Gasteiger charge is -2.10. The molecule has 0 fully saturated rings. The van der Waals surface area contributed by atoms with Gasteiger partial charge in [-0.1, -0.05) is 18.2 Å². The molecule has 2 aromatic rings. The third-order valence-corrected chi connectivity index (χ3v) is 2.68. The third kappa shape index (κ3) is 3.08. The van der Waals surface area contributed by atoms with Crippen LogP contribution in [0.3, 0.4) is 0 Å². The van der Waals surface area contributed by atoms with E-state index >= 15 is 0 Å². The molecule has 0 bridgehead atoms.